The minimum absolute atomic E-state index is 0.0907. The lowest BCUT2D eigenvalue weighted by atomic mass is 10.2. The van der Waals surface area contributed by atoms with Gasteiger partial charge in [0, 0.05) is 18.3 Å². The number of nitrogens with zero attached hydrogens (tertiary/aromatic N) is 3. The summed E-state index contributed by atoms with van der Waals surface area (Å²) in [5.41, 5.74) is -1.80. The molecule has 1 unspecified atom stereocenters. The molecule has 0 aliphatic carbocycles. The maximum atomic E-state index is 12.9. The number of aromatic nitrogens is 2. The molecule has 0 saturated heterocycles. The Balaban J connectivity index is 1.87. The summed E-state index contributed by atoms with van der Waals surface area (Å²) in [6, 6.07) is 7.19. The molecule has 1 amide bonds. The fourth-order valence-corrected chi connectivity index (χ4v) is 2.84. The molecule has 10 nitrogen and oxygen atoms in total. The van der Waals surface area contributed by atoms with Crippen LogP contribution in [0, 0.1) is 10.1 Å². The van der Waals surface area contributed by atoms with Crippen LogP contribution in [0.25, 0.3) is 0 Å². The van der Waals surface area contributed by atoms with Crippen LogP contribution in [0.5, 0.6) is 11.5 Å². The highest BCUT2D eigenvalue weighted by atomic mass is 19.4. The third kappa shape index (κ3) is 5.44. The number of hydrogen-bond acceptors (Lipinski definition) is 6. The largest absolute Gasteiger partial charge is 0.477 e. The van der Waals surface area contributed by atoms with E-state index in [9.17, 15) is 32.9 Å². The van der Waals surface area contributed by atoms with Crippen LogP contribution < -0.4 is 10.1 Å². The molecule has 0 saturated carbocycles. The molecule has 33 heavy (non-hydrogen) atoms. The number of halogens is 3. The van der Waals surface area contributed by atoms with Crippen LogP contribution in [0.15, 0.2) is 54.7 Å². The number of nitro groups is 1. The molecular formula is C20H15F3N4O6. The van der Waals surface area contributed by atoms with Crippen LogP contribution in [0.2, 0.25) is 0 Å². The molecule has 13 heteroatoms. The number of carbonyl (C=O) groups excluding carboxylic acids is 1. The van der Waals surface area contributed by atoms with E-state index >= 15 is 0 Å². The summed E-state index contributed by atoms with van der Waals surface area (Å²) in [6.07, 6.45) is -3.42. The van der Waals surface area contributed by atoms with Crippen LogP contribution in [-0.4, -0.2) is 31.7 Å². The molecule has 1 heterocycles. The smallest absolute Gasteiger partial charge is 0.416 e. The Labute approximate surface area is 183 Å². The monoisotopic (exact) mass is 464 g/mol. The van der Waals surface area contributed by atoms with Crippen molar-refractivity contribution >= 4 is 23.3 Å². The number of alkyl halides is 3. The number of amides is 1. The number of non-ortho nitro benzene ring substituents is 1. The lowest BCUT2D eigenvalue weighted by Crippen LogP contribution is -2.26. The molecule has 0 radical (unpaired) electrons. The number of rotatable bonds is 7. The summed E-state index contributed by atoms with van der Waals surface area (Å²) >= 11 is 0. The van der Waals surface area contributed by atoms with Crippen molar-refractivity contribution in [3.05, 3.63) is 76.1 Å². The van der Waals surface area contributed by atoms with Gasteiger partial charge >= 0.3 is 12.1 Å². The highest BCUT2D eigenvalue weighted by Gasteiger charge is 2.30. The number of benzene rings is 2. The van der Waals surface area contributed by atoms with Gasteiger partial charge in [0.25, 0.3) is 5.69 Å². The average Bonchev–Trinajstić information content (AvgIpc) is 3.22. The number of carboxylic acid groups (broad SMARTS) is 1. The highest BCUT2D eigenvalue weighted by molar-refractivity contribution is 5.95. The third-order valence-corrected chi connectivity index (χ3v) is 4.40. The third-order valence-electron chi connectivity index (χ3n) is 4.40. The Hall–Kier alpha value is -4.42. The number of hydrogen-bond donors (Lipinski definition) is 2. The highest BCUT2D eigenvalue weighted by Crippen LogP contribution is 2.34. The lowest BCUT2D eigenvalue weighted by molar-refractivity contribution is -0.384. The molecule has 172 valence electrons. The van der Waals surface area contributed by atoms with Gasteiger partial charge in [-0.3, -0.25) is 14.9 Å². The zero-order valence-electron chi connectivity index (χ0n) is 16.7. The predicted molar refractivity (Wildman–Crippen MR) is 107 cm³/mol. The quantitative estimate of drug-likeness (QED) is 0.388. The standard InChI is InChI=1S/C20H15F3N4O6/c1-11(26-17(19(29)30)5-6-24-26)18(28)25-13-8-14(27(31)32)10-16(9-13)33-15-4-2-3-12(7-15)20(21,22)23/h2-11H,1H3,(H,25,28)(H,29,30). The first-order valence-electron chi connectivity index (χ1n) is 9.18. The van der Waals surface area contributed by atoms with Gasteiger partial charge in [-0.05, 0) is 31.2 Å². The number of anilines is 1. The molecule has 3 aromatic rings. The van der Waals surface area contributed by atoms with Crippen molar-refractivity contribution in [1.82, 2.24) is 9.78 Å². The van der Waals surface area contributed by atoms with Crippen LogP contribution >= 0.6 is 0 Å². The van der Waals surface area contributed by atoms with Gasteiger partial charge in [-0.25, -0.2) is 9.48 Å². The zero-order chi connectivity index (χ0) is 24.3. The Morgan fingerprint density at radius 3 is 2.55 bits per heavy atom. The maximum absolute atomic E-state index is 12.9. The molecule has 0 spiro atoms. The van der Waals surface area contributed by atoms with Gasteiger partial charge in [0.2, 0.25) is 5.91 Å². The van der Waals surface area contributed by atoms with E-state index in [4.69, 9.17) is 9.84 Å². The topological polar surface area (TPSA) is 137 Å². The Kier molecular flexibility index (Phi) is 6.33. The van der Waals surface area contributed by atoms with Gasteiger partial charge in [-0.2, -0.15) is 18.3 Å². The molecule has 2 aromatic carbocycles. The maximum Gasteiger partial charge on any atom is 0.416 e. The van der Waals surface area contributed by atoms with Crippen molar-refractivity contribution in [2.45, 2.75) is 19.1 Å². The van der Waals surface area contributed by atoms with Crippen LogP contribution in [0.1, 0.15) is 29.0 Å². The molecule has 1 atom stereocenters. The number of nitrogens with one attached hydrogen (secondary N) is 1. The van der Waals surface area contributed by atoms with E-state index in [-0.39, 0.29) is 22.9 Å². The minimum Gasteiger partial charge on any atom is -0.477 e. The average molecular weight is 464 g/mol. The van der Waals surface area contributed by atoms with E-state index in [1.54, 1.807) is 0 Å². The fraction of sp³-hybridized carbons (Fsp3) is 0.150. The van der Waals surface area contributed by atoms with Gasteiger partial charge in [0.05, 0.1) is 22.2 Å². The second-order valence-corrected chi connectivity index (χ2v) is 6.73. The van der Waals surface area contributed by atoms with Gasteiger partial charge in [-0.15, -0.1) is 0 Å². The SMILES string of the molecule is CC(C(=O)Nc1cc(Oc2cccc(C(F)(F)F)c2)cc([N+](=O)[O-])c1)n1nccc1C(=O)O. The Bertz CT molecular complexity index is 1220. The fourth-order valence-electron chi connectivity index (χ4n) is 2.84. The molecule has 0 aliphatic heterocycles. The van der Waals surface area contributed by atoms with Gasteiger partial charge in [0.15, 0.2) is 0 Å². The van der Waals surface area contributed by atoms with Crippen LogP contribution in [0.4, 0.5) is 24.5 Å². The molecule has 0 aliphatic rings. The predicted octanol–water partition coefficient (Wildman–Crippen LogP) is 4.50. The van der Waals surface area contributed by atoms with Crippen molar-refractivity contribution < 1.29 is 37.5 Å². The number of ether oxygens (including phenoxy) is 1. The van der Waals surface area contributed by atoms with Gasteiger partial charge in [-0.1, -0.05) is 6.07 Å². The number of nitro benzene ring substituents is 1. The molecule has 0 bridgehead atoms. The molecule has 1 aromatic heterocycles. The summed E-state index contributed by atoms with van der Waals surface area (Å²) in [4.78, 5) is 34.3. The molecular weight excluding hydrogens is 449 g/mol. The zero-order valence-corrected chi connectivity index (χ0v) is 16.7. The first-order chi connectivity index (χ1) is 15.5. The molecule has 0 fully saturated rings. The van der Waals surface area contributed by atoms with Gasteiger partial charge < -0.3 is 15.2 Å². The van der Waals surface area contributed by atoms with E-state index in [0.717, 1.165) is 35.0 Å². The normalized spacial score (nSPS) is 12.1. The summed E-state index contributed by atoms with van der Waals surface area (Å²) < 4.78 is 45.1. The van der Waals surface area contributed by atoms with Crippen molar-refractivity contribution in [2.75, 3.05) is 5.32 Å². The van der Waals surface area contributed by atoms with Crippen molar-refractivity contribution in [3.63, 3.8) is 0 Å². The summed E-state index contributed by atoms with van der Waals surface area (Å²) in [6.45, 7) is 1.37. The first kappa shape index (κ1) is 23.2. The summed E-state index contributed by atoms with van der Waals surface area (Å²) in [5, 5.41) is 26.6. The molecule has 2 N–H and O–H groups in total. The second kappa shape index (κ2) is 8.98. The number of carboxylic acids is 1. The van der Waals surface area contributed by atoms with Crippen LogP contribution in [0.3, 0.4) is 0 Å². The van der Waals surface area contributed by atoms with Crippen molar-refractivity contribution in [3.8, 4) is 11.5 Å². The van der Waals surface area contributed by atoms with E-state index in [1.807, 2.05) is 0 Å². The first-order valence-corrected chi connectivity index (χ1v) is 9.18. The number of carbonyl (C=O) groups is 2. The Morgan fingerprint density at radius 1 is 1.18 bits per heavy atom. The second-order valence-electron chi connectivity index (χ2n) is 6.73. The summed E-state index contributed by atoms with van der Waals surface area (Å²) in [5.74, 6) is -2.47. The van der Waals surface area contributed by atoms with Crippen LogP contribution in [-0.2, 0) is 11.0 Å². The van der Waals surface area contributed by atoms with E-state index < -0.39 is 40.3 Å². The summed E-state index contributed by atoms with van der Waals surface area (Å²) in [7, 11) is 0. The van der Waals surface area contributed by atoms with Gasteiger partial charge in [0.1, 0.15) is 23.2 Å². The number of aromatic carboxylic acids is 1. The van der Waals surface area contributed by atoms with E-state index in [2.05, 4.69) is 10.4 Å². The molecule has 3 rings (SSSR count). The van der Waals surface area contributed by atoms with E-state index in [0.29, 0.717) is 0 Å². The Morgan fingerprint density at radius 2 is 1.91 bits per heavy atom. The minimum atomic E-state index is -4.61. The van der Waals surface area contributed by atoms with Crippen molar-refractivity contribution in [2.24, 2.45) is 0 Å². The van der Waals surface area contributed by atoms with E-state index in [1.165, 1.54) is 31.3 Å². The van der Waals surface area contributed by atoms with Crippen molar-refractivity contribution in [1.29, 1.82) is 0 Å². The lowest BCUT2D eigenvalue weighted by Gasteiger charge is -2.15.